The number of carbonyl (C=O) groups is 1. The lowest BCUT2D eigenvalue weighted by Gasteiger charge is -2.15. The highest BCUT2D eigenvalue weighted by Crippen LogP contribution is 2.37. The van der Waals surface area contributed by atoms with Gasteiger partial charge in [0.25, 0.3) is 5.91 Å². The number of thioether (sulfide) groups is 1. The number of aliphatic imine (C=N–C) groups is 1. The number of nitrogens with zero attached hydrogens (tertiary/aromatic N) is 2. The molecule has 0 unspecified atom stereocenters. The number of benzene rings is 3. The third-order valence-corrected chi connectivity index (χ3v) is 5.96. The molecule has 32 heavy (non-hydrogen) atoms. The molecular formula is C25H18Cl2N2O2S. The van der Waals surface area contributed by atoms with E-state index in [9.17, 15) is 4.79 Å². The molecule has 4 nitrogen and oxygen atoms in total. The maximum Gasteiger partial charge on any atom is 0.271 e. The van der Waals surface area contributed by atoms with Crippen LogP contribution >= 0.6 is 35.0 Å². The minimum Gasteiger partial charge on any atom is -0.490 e. The Kier molecular flexibility index (Phi) is 7.00. The zero-order valence-corrected chi connectivity index (χ0v) is 19.2. The van der Waals surface area contributed by atoms with Crippen LogP contribution in [0.4, 0.5) is 11.4 Å². The van der Waals surface area contributed by atoms with Gasteiger partial charge >= 0.3 is 0 Å². The van der Waals surface area contributed by atoms with Gasteiger partial charge in [-0.1, -0.05) is 48.0 Å². The largest absolute Gasteiger partial charge is 0.490 e. The molecule has 0 aromatic heterocycles. The van der Waals surface area contributed by atoms with Crippen molar-refractivity contribution in [3.8, 4) is 5.75 Å². The Morgan fingerprint density at radius 3 is 2.19 bits per heavy atom. The summed E-state index contributed by atoms with van der Waals surface area (Å²) >= 11 is 13.3. The molecule has 1 amide bonds. The summed E-state index contributed by atoms with van der Waals surface area (Å²) in [7, 11) is 0. The predicted octanol–water partition coefficient (Wildman–Crippen LogP) is 7.37. The van der Waals surface area contributed by atoms with Crippen LogP contribution in [-0.4, -0.2) is 17.7 Å². The maximum atomic E-state index is 13.3. The summed E-state index contributed by atoms with van der Waals surface area (Å²) in [4.78, 5) is 20.2. The topological polar surface area (TPSA) is 41.9 Å². The first-order valence-corrected chi connectivity index (χ1v) is 11.3. The first-order valence-electron chi connectivity index (χ1n) is 9.71. The fraction of sp³-hybridized carbons (Fsp3) is 0.0400. The molecule has 0 atom stereocenters. The van der Waals surface area contributed by atoms with Gasteiger partial charge < -0.3 is 4.74 Å². The van der Waals surface area contributed by atoms with Gasteiger partial charge in [0.15, 0.2) is 5.17 Å². The normalized spacial score (nSPS) is 16.1. The number of hydrogen-bond donors (Lipinski definition) is 0. The number of hydrogen-bond acceptors (Lipinski definition) is 4. The predicted molar refractivity (Wildman–Crippen MR) is 135 cm³/mol. The molecule has 0 spiro atoms. The minimum absolute atomic E-state index is 0.156. The molecule has 0 bridgehead atoms. The first kappa shape index (κ1) is 22.2. The average Bonchev–Trinajstić information content (AvgIpc) is 3.10. The van der Waals surface area contributed by atoms with Crippen LogP contribution in [0.5, 0.6) is 5.75 Å². The molecule has 1 aliphatic rings. The Balaban J connectivity index is 1.68. The Labute approximate surface area is 200 Å². The summed E-state index contributed by atoms with van der Waals surface area (Å²) in [5.41, 5.74) is 2.28. The van der Waals surface area contributed by atoms with Crippen molar-refractivity contribution in [2.24, 2.45) is 4.99 Å². The SMILES string of the molecule is C=CCOc1ccc(/C=C2\SC(=Nc3ccc(Cl)cc3)N(c3ccc(Cl)cc3)C2=O)cc1. The van der Waals surface area contributed by atoms with Gasteiger partial charge in [-0.05, 0) is 84.1 Å². The third-order valence-electron chi connectivity index (χ3n) is 4.49. The molecule has 1 saturated heterocycles. The van der Waals surface area contributed by atoms with E-state index >= 15 is 0 Å². The van der Waals surface area contributed by atoms with E-state index in [0.717, 1.165) is 11.3 Å². The third kappa shape index (κ3) is 5.25. The fourth-order valence-electron chi connectivity index (χ4n) is 2.96. The van der Waals surface area contributed by atoms with Gasteiger partial charge in [0.05, 0.1) is 16.3 Å². The van der Waals surface area contributed by atoms with Crippen LogP contribution in [0, 0.1) is 0 Å². The Morgan fingerprint density at radius 1 is 0.938 bits per heavy atom. The fourth-order valence-corrected chi connectivity index (χ4v) is 4.21. The lowest BCUT2D eigenvalue weighted by Crippen LogP contribution is -2.28. The highest BCUT2D eigenvalue weighted by atomic mass is 35.5. The van der Waals surface area contributed by atoms with E-state index in [4.69, 9.17) is 32.9 Å². The average molecular weight is 481 g/mol. The summed E-state index contributed by atoms with van der Waals surface area (Å²) in [5, 5.41) is 1.77. The van der Waals surface area contributed by atoms with Crippen LogP contribution in [0.2, 0.25) is 10.0 Å². The van der Waals surface area contributed by atoms with Crippen molar-refractivity contribution < 1.29 is 9.53 Å². The van der Waals surface area contributed by atoms with Gasteiger partial charge in [0.2, 0.25) is 0 Å². The van der Waals surface area contributed by atoms with Crippen molar-refractivity contribution in [3.05, 3.63) is 106 Å². The standard InChI is InChI=1S/C25H18Cl2N2O2S/c1-2-15-31-22-13-3-17(4-14-22)16-23-24(30)29(21-11-7-19(27)8-12-21)25(32-23)28-20-9-5-18(26)6-10-20/h2-14,16H,1,15H2/b23-16-,28-25?. The minimum atomic E-state index is -0.156. The van der Waals surface area contributed by atoms with Crippen molar-refractivity contribution in [1.82, 2.24) is 0 Å². The Morgan fingerprint density at radius 2 is 1.56 bits per heavy atom. The van der Waals surface area contributed by atoms with Crippen molar-refractivity contribution in [3.63, 3.8) is 0 Å². The number of anilines is 1. The van der Waals surface area contributed by atoms with Gasteiger partial charge in [-0.25, -0.2) is 4.99 Å². The van der Waals surface area contributed by atoms with Crippen molar-refractivity contribution >= 4 is 63.5 Å². The molecule has 0 N–H and O–H groups in total. The van der Waals surface area contributed by atoms with E-state index in [2.05, 4.69) is 6.58 Å². The zero-order valence-electron chi connectivity index (χ0n) is 16.9. The van der Waals surface area contributed by atoms with Gasteiger partial charge in [-0.15, -0.1) is 0 Å². The van der Waals surface area contributed by atoms with Crippen molar-refractivity contribution in [2.75, 3.05) is 11.5 Å². The van der Waals surface area contributed by atoms with E-state index in [1.165, 1.54) is 11.8 Å². The second-order valence-corrected chi connectivity index (χ2v) is 8.65. The van der Waals surface area contributed by atoms with E-state index in [1.54, 1.807) is 47.4 Å². The molecule has 3 aromatic rings. The summed E-state index contributed by atoms with van der Waals surface area (Å²) in [6.45, 7) is 4.08. The lowest BCUT2D eigenvalue weighted by atomic mass is 10.2. The van der Waals surface area contributed by atoms with Crippen LogP contribution in [-0.2, 0) is 4.79 Å². The summed E-state index contributed by atoms with van der Waals surface area (Å²) in [6.07, 6.45) is 3.54. The Bertz CT molecular complexity index is 1190. The van der Waals surface area contributed by atoms with Gasteiger partial charge in [-0.3, -0.25) is 9.69 Å². The molecule has 0 radical (unpaired) electrons. The number of ether oxygens (including phenoxy) is 1. The van der Waals surface area contributed by atoms with E-state index in [1.807, 2.05) is 42.5 Å². The lowest BCUT2D eigenvalue weighted by molar-refractivity contribution is -0.113. The van der Waals surface area contributed by atoms with Gasteiger partial charge in [-0.2, -0.15) is 0 Å². The second kappa shape index (κ2) is 10.1. The number of halogens is 2. The number of rotatable bonds is 6. The Hall–Kier alpha value is -2.99. The highest BCUT2D eigenvalue weighted by molar-refractivity contribution is 8.19. The molecule has 1 heterocycles. The quantitative estimate of drug-likeness (QED) is 0.273. The molecular weight excluding hydrogens is 463 g/mol. The smallest absolute Gasteiger partial charge is 0.271 e. The monoisotopic (exact) mass is 480 g/mol. The molecule has 0 saturated carbocycles. The van der Waals surface area contributed by atoms with Crippen molar-refractivity contribution in [2.45, 2.75) is 0 Å². The maximum absolute atomic E-state index is 13.3. The summed E-state index contributed by atoms with van der Waals surface area (Å²) in [5.74, 6) is 0.585. The number of amidine groups is 1. The molecule has 160 valence electrons. The molecule has 0 aliphatic carbocycles. The van der Waals surface area contributed by atoms with Gasteiger partial charge in [0, 0.05) is 10.0 Å². The van der Waals surface area contributed by atoms with Crippen LogP contribution in [0.25, 0.3) is 6.08 Å². The van der Waals surface area contributed by atoms with Gasteiger partial charge in [0.1, 0.15) is 12.4 Å². The molecule has 7 heteroatoms. The molecule has 1 aliphatic heterocycles. The number of carbonyl (C=O) groups excluding carboxylic acids is 1. The van der Waals surface area contributed by atoms with E-state index in [-0.39, 0.29) is 5.91 Å². The highest BCUT2D eigenvalue weighted by Gasteiger charge is 2.34. The van der Waals surface area contributed by atoms with E-state index < -0.39 is 0 Å². The van der Waals surface area contributed by atoms with Crippen LogP contribution in [0.1, 0.15) is 5.56 Å². The molecule has 3 aromatic carbocycles. The zero-order chi connectivity index (χ0) is 22.5. The van der Waals surface area contributed by atoms with E-state index in [0.29, 0.717) is 38.1 Å². The summed E-state index contributed by atoms with van der Waals surface area (Å²) < 4.78 is 5.52. The summed E-state index contributed by atoms with van der Waals surface area (Å²) in [6, 6.07) is 21.8. The molecule has 1 fully saturated rings. The number of amides is 1. The van der Waals surface area contributed by atoms with Crippen LogP contribution in [0.15, 0.2) is 95.3 Å². The van der Waals surface area contributed by atoms with Crippen LogP contribution in [0.3, 0.4) is 0 Å². The van der Waals surface area contributed by atoms with Crippen LogP contribution < -0.4 is 9.64 Å². The second-order valence-electron chi connectivity index (χ2n) is 6.77. The molecule has 4 rings (SSSR count). The van der Waals surface area contributed by atoms with Crippen molar-refractivity contribution in [1.29, 1.82) is 0 Å². The first-order chi connectivity index (χ1) is 15.5.